The molecular weight excluding hydrogens is 192 g/mol. The van der Waals surface area contributed by atoms with Crippen molar-refractivity contribution >= 4 is 46.9 Å². The number of hydrogen-bond donors (Lipinski definition) is 0. The first-order valence-corrected chi connectivity index (χ1v) is 6.33. The van der Waals surface area contributed by atoms with E-state index in [9.17, 15) is 0 Å². The summed E-state index contributed by atoms with van der Waals surface area (Å²) in [5.74, 6) is 0. The van der Waals surface area contributed by atoms with E-state index < -0.39 is 0 Å². The SMILES string of the molecule is CSC(Cl)=C(SC)SC. The van der Waals surface area contributed by atoms with Gasteiger partial charge in [0.1, 0.15) is 0 Å². The third-order valence-corrected chi connectivity index (χ3v) is 4.56. The second kappa shape index (κ2) is 5.83. The van der Waals surface area contributed by atoms with E-state index in [-0.39, 0.29) is 0 Å². The van der Waals surface area contributed by atoms with Crippen LogP contribution in [0.2, 0.25) is 0 Å². The van der Waals surface area contributed by atoms with Crippen LogP contribution in [0.1, 0.15) is 0 Å². The monoisotopic (exact) mass is 200 g/mol. The second-order valence-corrected chi connectivity index (χ2v) is 4.48. The fraction of sp³-hybridized carbons (Fsp3) is 0.600. The lowest BCUT2D eigenvalue weighted by atomic mass is 11.2. The zero-order chi connectivity index (χ0) is 7.28. The molecule has 0 aromatic rings. The van der Waals surface area contributed by atoms with E-state index in [0.717, 1.165) is 4.36 Å². The normalized spacial score (nSPS) is 9.33. The van der Waals surface area contributed by atoms with Crippen molar-refractivity contribution in [1.82, 2.24) is 0 Å². The third kappa shape index (κ3) is 3.71. The van der Waals surface area contributed by atoms with Crippen LogP contribution >= 0.6 is 46.9 Å². The van der Waals surface area contributed by atoms with Gasteiger partial charge in [0.15, 0.2) is 0 Å². The Balaban J connectivity index is 4.01. The van der Waals surface area contributed by atoms with Gasteiger partial charge in [0.25, 0.3) is 0 Å². The van der Waals surface area contributed by atoms with Gasteiger partial charge in [0.2, 0.25) is 0 Å². The van der Waals surface area contributed by atoms with Crippen LogP contribution in [0.25, 0.3) is 0 Å². The van der Waals surface area contributed by atoms with Gasteiger partial charge in [-0.15, -0.1) is 35.3 Å². The minimum atomic E-state index is 0.898. The van der Waals surface area contributed by atoms with Crippen LogP contribution in [-0.2, 0) is 0 Å². The minimum absolute atomic E-state index is 0.898. The van der Waals surface area contributed by atoms with Crippen molar-refractivity contribution < 1.29 is 0 Å². The molecule has 0 aliphatic heterocycles. The first-order chi connectivity index (χ1) is 4.26. The van der Waals surface area contributed by atoms with E-state index in [1.54, 1.807) is 35.3 Å². The summed E-state index contributed by atoms with van der Waals surface area (Å²) in [4.78, 5) is 0. The molecule has 0 heterocycles. The Labute approximate surface area is 74.2 Å². The molecule has 4 heteroatoms. The van der Waals surface area contributed by atoms with Gasteiger partial charge in [-0.25, -0.2) is 0 Å². The van der Waals surface area contributed by atoms with Crippen molar-refractivity contribution in [3.8, 4) is 0 Å². The molecule has 0 bridgehead atoms. The predicted molar refractivity (Wildman–Crippen MR) is 53.4 cm³/mol. The smallest absolute Gasteiger partial charge is 0.0932 e. The van der Waals surface area contributed by atoms with Crippen molar-refractivity contribution in [2.24, 2.45) is 0 Å². The summed E-state index contributed by atoms with van der Waals surface area (Å²) in [6, 6.07) is 0. The van der Waals surface area contributed by atoms with Gasteiger partial charge in [-0.05, 0) is 18.8 Å². The summed E-state index contributed by atoms with van der Waals surface area (Å²) in [5, 5.41) is 0. The molecule has 0 radical (unpaired) electrons. The van der Waals surface area contributed by atoms with Crippen LogP contribution in [0.15, 0.2) is 8.60 Å². The summed E-state index contributed by atoms with van der Waals surface area (Å²) in [5.41, 5.74) is 0. The zero-order valence-electron chi connectivity index (χ0n) is 5.60. The average molecular weight is 201 g/mol. The summed E-state index contributed by atoms with van der Waals surface area (Å²) in [7, 11) is 0. The molecule has 0 rings (SSSR count). The quantitative estimate of drug-likeness (QED) is 0.685. The molecular formula is C5H9ClS3. The molecule has 0 amide bonds. The highest BCUT2D eigenvalue weighted by atomic mass is 35.5. The Morgan fingerprint density at radius 1 is 1.00 bits per heavy atom. The highest BCUT2D eigenvalue weighted by Crippen LogP contribution is 2.34. The largest absolute Gasteiger partial charge is 0.121 e. The van der Waals surface area contributed by atoms with Crippen molar-refractivity contribution in [2.75, 3.05) is 18.8 Å². The van der Waals surface area contributed by atoms with Crippen LogP contribution < -0.4 is 0 Å². The van der Waals surface area contributed by atoms with Crippen molar-refractivity contribution in [3.63, 3.8) is 0 Å². The van der Waals surface area contributed by atoms with Crippen LogP contribution in [0.4, 0.5) is 0 Å². The lowest BCUT2D eigenvalue weighted by Gasteiger charge is -1.99. The minimum Gasteiger partial charge on any atom is -0.121 e. The molecule has 0 aliphatic rings. The van der Waals surface area contributed by atoms with Crippen LogP contribution in [0, 0.1) is 0 Å². The number of hydrogen-bond acceptors (Lipinski definition) is 3. The molecule has 0 unspecified atom stereocenters. The molecule has 0 N–H and O–H groups in total. The van der Waals surface area contributed by atoms with E-state index in [4.69, 9.17) is 11.6 Å². The van der Waals surface area contributed by atoms with E-state index in [2.05, 4.69) is 0 Å². The fourth-order valence-corrected chi connectivity index (χ4v) is 2.94. The number of rotatable bonds is 3. The maximum absolute atomic E-state index is 5.83. The summed E-state index contributed by atoms with van der Waals surface area (Å²) >= 11 is 10.8. The average Bonchev–Trinajstić information content (AvgIpc) is 1.90. The van der Waals surface area contributed by atoms with E-state index in [1.807, 2.05) is 18.8 Å². The molecule has 0 aromatic carbocycles. The zero-order valence-corrected chi connectivity index (χ0v) is 8.81. The van der Waals surface area contributed by atoms with Crippen LogP contribution in [-0.4, -0.2) is 18.8 Å². The van der Waals surface area contributed by atoms with Crippen molar-refractivity contribution in [1.29, 1.82) is 0 Å². The molecule has 0 saturated heterocycles. The third-order valence-electron chi connectivity index (χ3n) is 0.710. The number of thioether (sulfide) groups is 3. The molecule has 0 aliphatic carbocycles. The maximum Gasteiger partial charge on any atom is 0.0932 e. The molecule has 0 fully saturated rings. The Morgan fingerprint density at radius 3 is 1.56 bits per heavy atom. The lowest BCUT2D eigenvalue weighted by Crippen LogP contribution is -1.68. The van der Waals surface area contributed by atoms with Crippen LogP contribution in [0.3, 0.4) is 0 Å². The molecule has 0 atom stereocenters. The molecule has 54 valence electrons. The lowest BCUT2D eigenvalue weighted by molar-refractivity contribution is 2.23. The van der Waals surface area contributed by atoms with Crippen LogP contribution in [0.5, 0.6) is 0 Å². The van der Waals surface area contributed by atoms with E-state index in [1.165, 1.54) is 4.24 Å². The van der Waals surface area contributed by atoms with E-state index >= 15 is 0 Å². The van der Waals surface area contributed by atoms with Gasteiger partial charge >= 0.3 is 0 Å². The molecule has 0 saturated carbocycles. The van der Waals surface area contributed by atoms with Gasteiger partial charge in [-0.1, -0.05) is 11.6 Å². The Kier molecular flexibility index (Phi) is 6.53. The van der Waals surface area contributed by atoms with Gasteiger partial charge in [0.05, 0.1) is 8.60 Å². The first kappa shape index (κ1) is 10.1. The summed E-state index contributed by atoms with van der Waals surface area (Å²) in [6.07, 6.45) is 6.05. The highest BCUT2D eigenvalue weighted by Gasteiger charge is 1.98. The maximum atomic E-state index is 5.83. The summed E-state index contributed by atoms with van der Waals surface area (Å²) < 4.78 is 2.10. The Morgan fingerprint density at radius 2 is 1.44 bits per heavy atom. The van der Waals surface area contributed by atoms with Crippen molar-refractivity contribution in [2.45, 2.75) is 0 Å². The van der Waals surface area contributed by atoms with Gasteiger partial charge < -0.3 is 0 Å². The Hall–Kier alpha value is 1.08. The number of halogens is 1. The molecule has 0 nitrogen and oxygen atoms in total. The topological polar surface area (TPSA) is 0 Å². The standard InChI is InChI=1S/C5H9ClS3/c1-7-4(6)5(8-2)9-3/h1-3H3. The van der Waals surface area contributed by atoms with Gasteiger partial charge in [-0.2, -0.15) is 0 Å². The second-order valence-electron chi connectivity index (χ2n) is 1.17. The summed E-state index contributed by atoms with van der Waals surface area (Å²) in [6.45, 7) is 0. The fourth-order valence-electron chi connectivity index (χ4n) is 0.327. The van der Waals surface area contributed by atoms with E-state index in [0.29, 0.717) is 0 Å². The predicted octanol–water partition coefficient (Wildman–Crippen LogP) is 3.44. The molecule has 9 heavy (non-hydrogen) atoms. The first-order valence-electron chi connectivity index (χ1n) is 2.28. The molecule has 0 spiro atoms. The molecule has 0 aromatic heterocycles. The van der Waals surface area contributed by atoms with Crippen molar-refractivity contribution in [3.05, 3.63) is 8.60 Å². The Bertz CT molecular complexity index is 105. The van der Waals surface area contributed by atoms with Gasteiger partial charge in [-0.3, -0.25) is 0 Å². The highest BCUT2D eigenvalue weighted by molar-refractivity contribution is 8.22. The van der Waals surface area contributed by atoms with Gasteiger partial charge in [0, 0.05) is 0 Å².